The largest absolute Gasteiger partial charge is 0.506 e. The number of piperidine rings is 1. The number of hydrogen-bond acceptors (Lipinski definition) is 3. The maximum absolute atomic E-state index is 11.8. The topological polar surface area (TPSA) is 61.4 Å². The molecule has 17 heavy (non-hydrogen) atoms. The number of para-hydroxylation sites is 2. The highest BCUT2D eigenvalue weighted by Gasteiger charge is 2.20. The zero-order valence-electron chi connectivity index (χ0n) is 9.48. The summed E-state index contributed by atoms with van der Waals surface area (Å²) in [4.78, 5) is 11.8. The first-order valence-electron chi connectivity index (χ1n) is 5.59. The Bertz CT molecular complexity index is 379. The van der Waals surface area contributed by atoms with Crippen molar-refractivity contribution in [2.75, 3.05) is 11.9 Å². The average Bonchev–Trinajstić information content (AvgIpc) is 2.33. The van der Waals surface area contributed by atoms with Crippen LogP contribution in [0.2, 0.25) is 0 Å². The third-order valence-electron chi connectivity index (χ3n) is 2.79. The summed E-state index contributed by atoms with van der Waals surface area (Å²) in [6.45, 7) is 0.888. The van der Waals surface area contributed by atoms with E-state index in [2.05, 4.69) is 10.6 Å². The Balaban J connectivity index is 0.00000144. The van der Waals surface area contributed by atoms with Gasteiger partial charge in [0, 0.05) is 0 Å². The molecule has 0 spiro atoms. The fraction of sp³-hybridized carbons (Fsp3) is 0.417. The first-order valence-corrected chi connectivity index (χ1v) is 5.59. The minimum absolute atomic E-state index is 0. The molecule has 0 saturated carbocycles. The van der Waals surface area contributed by atoms with E-state index in [4.69, 9.17) is 0 Å². The van der Waals surface area contributed by atoms with Gasteiger partial charge in [0.05, 0.1) is 11.7 Å². The normalized spacial score (nSPS) is 19.2. The van der Waals surface area contributed by atoms with Crippen LogP contribution in [0.4, 0.5) is 5.69 Å². The number of aromatic hydroxyl groups is 1. The first kappa shape index (κ1) is 13.8. The molecule has 3 N–H and O–H groups in total. The van der Waals surface area contributed by atoms with E-state index in [1.165, 1.54) is 0 Å². The predicted octanol–water partition coefficient (Wildman–Crippen LogP) is 1.89. The van der Waals surface area contributed by atoms with Gasteiger partial charge in [0.25, 0.3) is 0 Å². The molecule has 1 fully saturated rings. The Morgan fingerprint density at radius 1 is 1.35 bits per heavy atom. The van der Waals surface area contributed by atoms with E-state index in [1.54, 1.807) is 24.3 Å². The number of halogens is 1. The van der Waals surface area contributed by atoms with Crippen molar-refractivity contribution in [3.63, 3.8) is 0 Å². The number of nitrogens with one attached hydrogen (secondary N) is 2. The average molecular weight is 257 g/mol. The van der Waals surface area contributed by atoms with Crippen LogP contribution in [0.3, 0.4) is 0 Å². The third-order valence-corrected chi connectivity index (χ3v) is 2.79. The number of phenolic OH excluding ortho intramolecular Hbond substituents is 1. The summed E-state index contributed by atoms with van der Waals surface area (Å²) in [6.07, 6.45) is 3.06. The van der Waals surface area contributed by atoms with Crippen molar-refractivity contribution in [3.05, 3.63) is 24.3 Å². The second-order valence-corrected chi connectivity index (χ2v) is 4.01. The molecule has 1 heterocycles. The van der Waals surface area contributed by atoms with E-state index < -0.39 is 0 Å². The molecule has 0 radical (unpaired) electrons. The summed E-state index contributed by atoms with van der Waals surface area (Å²) < 4.78 is 0. The number of carbonyl (C=O) groups is 1. The molecule has 1 aromatic carbocycles. The highest BCUT2D eigenvalue weighted by Crippen LogP contribution is 2.22. The number of phenols is 1. The van der Waals surface area contributed by atoms with E-state index in [-0.39, 0.29) is 30.1 Å². The molecule has 0 unspecified atom stereocenters. The summed E-state index contributed by atoms with van der Waals surface area (Å²) >= 11 is 0. The number of anilines is 1. The molecule has 1 saturated heterocycles. The van der Waals surface area contributed by atoms with E-state index in [1.807, 2.05) is 0 Å². The second kappa shape index (κ2) is 6.47. The molecule has 1 aromatic rings. The van der Waals surface area contributed by atoms with E-state index in [0.717, 1.165) is 25.8 Å². The molecule has 1 amide bonds. The number of rotatable bonds is 2. The lowest BCUT2D eigenvalue weighted by Crippen LogP contribution is -2.43. The molecule has 0 bridgehead atoms. The Hall–Kier alpha value is -1.26. The number of benzene rings is 1. The van der Waals surface area contributed by atoms with Crippen LogP contribution in [0.1, 0.15) is 19.3 Å². The van der Waals surface area contributed by atoms with Gasteiger partial charge in [0.1, 0.15) is 5.75 Å². The number of carbonyl (C=O) groups excluding carboxylic acids is 1. The van der Waals surface area contributed by atoms with Crippen LogP contribution < -0.4 is 10.6 Å². The minimum atomic E-state index is -0.131. The summed E-state index contributed by atoms with van der Waals surface area (Å²) in [5.41, 5.74) is 0.472. The van der Waals surface area contributed by atoms with Gasteiger partial charge in [0.15, 0.2) is 0 Å². The lowest BCUT2D eigenvalue weighted by molar-refractivity contribution is -0.118. The predicted molar refractivity (Wildman–Crippen MR) is 69.6 cm³/mol. The highest BCUT2D eigenvalue weighted by atomic mass is 35.5. The minimum Gasteiger partial charge on any atom is -0.506 e. The molecule has 0 aromatic heterocycles. The SMILES string of the molecule is Cl.O=C(Nc1ccccc1O)[C@H]1CCCCN1. The maximum Gasteiger partial charge on any atom is 0.241 e. The lowest BCUT2D eigenvalue weighted by atomic mass is 10.0. The fourth-order valence-electron chi connectivity index (χ4n) is 1.87. The number of amides is 1. The molecule has 1 atom stereocenters. The second-order valence-electron chi connectivity index (χ2n) is 4.01. The quantitative estimate of drug-likeness (QED) is 0.709. The van der Waals surface area contributed by atoms with Crippen molar-refractivity contribution in [2.45, 2.75) is 25.3 Å². The number of hydrogen-bond donors (Lipinski definition) is 3. The molecule has 2 rings (SSSR count). The lowest BCUT2D eigenvalue weighted by Gasteiger charge is -2.22. The van der Waals surface area contributed by atoms with Crippen molar-refractivity contribution in [2.24, 2.45) is 0 Å². The van der Waals surface area contributed by atoms with Crippen molar-refractivity contribution in [3.8, 4) is 5.75 Å². The van der Waals surface area contributed by atoms with Gasteiger partial charge in [-0.15, -0.1) is 12.4 Å². The van der Waals surface area contributed by atoms with Crippen LogP contribution in [-0.4, -0.2) is 23.6 Å². The van der Waals surface area contributed by atoms with E-state index in [0.29, 0.717) is 5.69 Å². The van der Waals surface area contributed by atoms with Crippen molar-refractivity contribution in [1.82, 2.24) is 5.32 Å². The standard InChI is InChI=1S/C12H16N2O2.ClH/c15-11-7-2-1-5-9(11)14-12(16)10-6-3-4-8-13-10;/h1-2,5,7,10,13,15H,3-4,6,8H2,(H,14,16);1H/t10-;/m1./s1. The summed E-state index contributed by atoms with van der Waals surface area (Å²) in [6, 6.07) is 6.63. The van der Waals surface area contributed by atoms with Gasteiger partial charge in [-0.2, -0.15) is 0 Å². The summed E-state index contributed by atoms with van der Waals surface area (Å²) in [7, 11) is 0. The zero-order chi connectivity index (χ0) is 11.4. The van der Waals surface area contributed by atoms with Crippen LogP contribution in [0.25, 0.3) is 0 Å². The monoisotopic (exact) mass is 256 g/mol. The molecule has 1 aliphatic rings. The molecule has 94 valence electrons. The van der Waals surface area contributed by atoms with E-state index >= 15 is 0 Å². The summed E-state index contributed by atoms with van der Waals surface area (Å²) in [5.74, 6) is 0.0351. The van der Waals surface area contributed by atoms with Crippen LogP contribution in [0, 0.1) is 0 Å². The van der Waals surface area contributed by atoms with Gasteiger partial charge < -0.3 is 15.7 Å². The van der Waals surface area contributed by atoms with Crippen molar-refractivity contribution < 1.29 is 9.90 Å². The van der Waals surface area contributed by atoms with Crippen LogP contribution in [0.5, 0.6) is 5.75 Å². The van der Waals surface area contributed by atoms with Crippen molar-refractivity contribution in [1.29, 1.82) is 0 Å². The van der Waals surface area contributed by atoms with Gasteiger partial charge >= 0.3 is 0 Å². The van der Waals surface area contributed by atoms with Gasteiger partial charge in [-0.05, 0) is 31.5 Å². The van der Waals surface area contributed by atoms with Crippen LogP contribution in [-0.2, 0) is 4.79 Å². The Kier molecular flexibility index (Phi) is 5.25. The molecular formula is C12H17ClN2O2. The van der Waals surface area contributed by atoms with Crippen LogP contribution in [0.15, 0.2) is 24.3 Å². The molecule has 4 nitrogen and oxygen atoms in total. The highest BCUT2D eigenvalue weighted by molar-refractivity contribution is 5.96. The molecule has 1 aliphatic heterocycles. The Morgan fingerprint density at radius 2 is 2.12 bits per heavy atom. The fourth-order valence-corrected chi connectivity index (χ4v) is 1.87. The zero-order valence-corrected chi connectivity index (χ0v) is 10.3. The van der Waals surface area contributed by atoms with Gasteiger partial charge in [-0.3, -0.25) is 4.79 Å². The Labute approximate surface area is 107 Å². The van der Waals surface area contributed by atoms with Crippen LogP contribution >= 0.6 is 12.4 Å². The van der Waals surface area contributed by atoms with Gasteiger partial charge in [-0.25, -0.2) is 0 Å². The maximum atomic E-state index is 11.8. The van der Waals surface area contributed by atoms with E-state index in [9.17, 15) is 9.90 Å². The Morgan fingerprint density at radius 3 is 2.76 bits per heavy atom. The van der Waals surface area contributed by atoms with Gasteiger partial charge in [0.2, 0.25) is 5.91 Å². The molecule has 0 aliphatic carbocycles. The van der Waals surface area contributed by atoms with Gasteiger partial charge in [-0.1, -0.05) is 18.6 Å². The molecular weight excluding hydrogens is 240 g/mol. The third kappa shape index (κ3) is 3.61. The first-order chi connectivity index (χ1) is 7.77. The van der Waals surface area contributed by atoms with Crippen molar-refractivity contribution >= 4 is 24.0 Å². The molecule has 5 heteroatoms. The smallest absolute Gasteiger partial charge is 0.241 e. The summed E-state index contributed by atoms with van der Waals surface area (Å²) in [5, 5.41) is 15.4.